The van der Waals surface area contributed by atoms with Crippen molar-refractivity contribution in [2.24, 2.45) is 5.92 Å². The molecule has 8 heteroatoms. The number of nitrogens with one attached hydrogen (secondary N) is 2. The number of ether oxygens (including phenoxy) is 3. The van der Waals surface area contributed by atoms with E-state index in [0.29, 0.717) is 47.3 Å². The van der Waals surface area contributed by atoms with Gasteiger partial charge in [-0.1, -0.05) is 6.58 Å². The molecule has 1 aliphatic heterocycles. The van der Waals surface area contributed by atoms with Gasteiger partial charge in [0.05, 0.1) is 31.8 Å². The summed E-state index contributed by atoms with van der Waals surface area (Å²) in [6, 6.07) is 7.45. The van der Waals surface area contributed by atoms with Crippen LogP contribution in [0.15, 0.2) is 42.9 Å². The van der Waals surface area contributed by atoms with Crippen LogP contribution < -0.4 is 19.5 Å². The molecule has 1 aliphatic rings. The van der Waals surface area contributed by atoms with Crippen LogP contribution in [-0.2, 0) is 4.79 Å². The lowest BCUT2D eigenvalue weighted by atomic mass is 10.1. The summed E-state index contributed by atoms with van der Waals surface area (Å²) in [6.45, 7) is 4.49. The van der Waals surface area contributed by atoms with E-state index >= 15 is 0 Å². The van der Waals surface area contributed by atoms with Gasteiger partial charge in [0.1, 0.15) is 5.76 Å². The highest BCUT2D eigenvalue weighted by atomic mass is 16.5. The van der Waals surface area contributed by atoms with E-state index in [0.717, 1.165) is 11.1 Å². The van der Waals surface area contributed by atoms with E-state index in [1.165, 1.54) is 0 Å². The van der Waals surface area contributed by atoms with E-state index in [4.69, 9.17) is 14.2 Å². The van der Waals surface area contributed by atoms with Crippen LogP contribution in [0, 0.1) is 5.92 Å². The van der Waals surface area contributed by atoms with E-state index in [2.05, 4.69) is 26.8 Å². The maximum absolute atomic E-state index is 11.5. The van der Waals surface area contributed by atoms with Crippen LogP contribution in [0.4, 0.5) is 0 Å². The number of carbonyl (C=O) groups excluding carboxylic acids is 1. The highest BCUT2D eigenvalue weighted by Gasteiger charge is 2.26. The third-order valence-electron chi connectivity index (χ3n) is 4.71. The summed E-state index contributed by atoms with van der Waals surface area (Å²) in [5, 5.41) is 2.78. The summed E-state index contributed by atoms with van der Waals surface area (Å²) in [5.74, 6) is 1.97. The molecule has 0 radical (unpaired) electrons. The second kappa shape index (κ2) is 7.22. The first kappa shape index (κ1) is 17.8. The number of H-pyrrole nitrogens is 1. The molecule has 1 amide bonds. The van der Waals surface area contributed by atoms with E-state index < -0.39 is 0 Å². The van der Waals surface area contributed by atoms with Gasteiger partial charge in [0.25, 0.3) is 0 Å². The molecule has 0 bridgehead atoms. The van der Waals surface area contributed by atoms with Gasteiger partial charge in [0, 0.05) is 24.4 Å². The Labute approximate surface area is 161 Å². The molecule has 0 aliphatic carbocycles. The zero-order valence-electron chi connectivity index (χ0n) is 15.6. The quantitative estimate of drug-likeness (QED) is 0.638. The van der Waals surface area contributed by atoms with Gasteiger partial charge in [-0.2, -0.15) is 0 Å². The van der Waals surface area contributed by atoms with E-state index in [9.17, 15) is 4.79 Å². The highest BCUT2D eigenvalue weighted by molar-refractivity contribution is 5.84. The maximum atomic E-state index is 11.5. The van der Waals surface area contributed by atoms with Crippen molar-refractivity contribution in [2.75, 3.05) is 20.8 Å². The normalized spacial score (nSPS) is 16.1. The van der Waals surface area contributed by atoms with Crippen LogP contribution in [0.3, 0.4) is 0 Å². The minimum absolute atomic E-state index is 0.00768. The maximum Gasteiger partial charge on any atom is 0.247 e. The fraction of sp³-hybridized carbons (Fsp3) is 0.250. The predicted octanol–water partition coefficient (Wildman–Crippen LogP) is 2.67. The molecule has 1 saturated heterocycles. The van der Waals surface area contributed by atoms with Crippen molar-refractivity contribution < 1.29 is 19.0 Å². The molecule has 0 unspecified atom stereocenters. The zero-order chi connectivity index (χ0) is 19.7. The molecule has 1 aromatic carbocycles. The molecule has 3 heterocycles. The number of fused-ring (bicyclic) bond motifs is 1. The van der Waals surface area contributed by atoms with Crippen molar-refractivity contribution in [3.05, 3.63) is 42.9 Å². The Kier molecular flexibility index (Phi) is 4.60. The number of amides is 1. The molecule has 3 aromatic rings. The predicted molar refractivity (Wildman–Crippen MR) is 103 cm³/mol. The van der Waals surface area contributed by atoms with Crippen molar-refractivity contribution in [1.82, 2.24) is 20.3 Å². The van der Waals surface area contributed by atoms with Crippen LogP contribution in [-0.4, -0.2) is 41.6 Å². The molecule has 144 valence electrons. The second-order valence-electron chi connectivity index (χ2n) is 6.45. The topological polar surface area (TPSA) is 98.4 Å². The fourth-order valence-corrected chi connectivity index (χ4v) is 3.17. The number of pyridine rings is 1. The number of nitrogens with zero attached hydrogens (tertiary/aromatic N) is 2. The Morgan fingerprint density at radius 1 is 1.21 bits per heavy atom. The van der Waals surface area contributed by atoms with Crippen molar-refractivity contribution in [2.45, 2.75) is 6.42 Å². The Hall–Kier alpha value is -3.55. The van der Waals surface area contributed by atoms with Gasteiger partial charge in [-0.05, 0) is 24.3 Å². The summed E-state index contributed by atoms with van der Waals surface area (Å²) < 4.78 is 16.6. The Morgan fingerprint density at radius 3 is 2.75 bits per heavy atom. The van der Waals surface area contributed by atoms with Gasteiger partial charge in [-0.25, -0.2) is 9.97 Å². The molecule has 4 rings (SSSR count). The molecule has 0 spiro atoms. The van der Waals surface area contributed by atoms with Crippen LogP contribution >= 0.6 is 0 Å². The van der Waals surface area contributed by atoms with Gasteiger partial charge < -0.3 is 24.5 Å². The number of hydrogen-bond donors (Lipinski definition) is 2. The zero-order valence-corrected chi connectivity index (χ0v) is 15.6. The van der Waals surface area contributed by atoms with Crippen molar-refractivity contribution in [1.29, 1.82) is 0 Å². The first-order valence-electron chi connectivity index (χ1n) is 8.79. The molecule has 1 atom stereocenters. The van der Waals surface area contributed by atoms with Crippen LogP contribution in [0.1, 0.15) is 6.42 Å². The lowest BCUT2D eigenvalue weighted by molar-refractivity contribution is -0.119. The number of hydrogen-bond acceptors (Lipinski definition) is 6. The molecule has 2 N–H and O–H groups in total. The number of benzene rings is 1. The number of methoxy groups -OCH3 is 2. The van der Waals surface area contributed by atoms with Gasteiger partial charge in [-0.3, -0.25) is 4.79 Å². The number of aromatic amines is 1. The largest absolute Gasteiger partial charge is 0.493 e. The summed E-state index contributed by atoms with van der Waals surface area (Å²) >= 11 is 0. The number of imidazole rings is 1. The molecule has 2 aromatic heterocycles. The lowest BCUT2D eigenvalue weighted by Gasteiger charge is -2.14. The standard InChI is InChI=1S/C20H20N4O4/c1-11(13-7-18(25)21-9-13)28-20-19-15(22-10-23-19)8-14(24-20)12-4-5-16(26-2)17(6-12)27-3/h4-6,8,10,13H,1,7,9H2,2-3H3,(H,21,25)(H,22,23)/t13-/m1/s1. The van der Waals surface area contributed by atoms with Crippen LogP contribution in [0.25, 0.3) is 22.3 Å². The van der Waals surface area contributed by atoms with Gasteiger partial charge >= 0.3 is 0 Å². The molecule has 1 fully saturated rings. The monoisotopic (exact) mass is 380 g/mol. The first-order chi connectivity index (χ1) is 13.6. The average molecular weight is 380 g/mol. The van der Waals surface area contributed by atoms with E-state index in [-0.39, 0.29) is 11.8 Å². The average Bonchev–Trinajstić information content (AvgIpc) is 3.36. The van der Waals surface area contributed by atoms with E-state index in [1.807, 2.05) is 24.3 Å². The minimum atomic E-state index is -0.0898. The highest BCUT2D eigenvalue weighted by Crippen LogP contribution is 2.34. The van der Waals surface area contributed by atoms with Gasteiger partial charge in [-0.15, -0.1) is 0 Å². The van der Waals surface area contributed by atoms with Crippen molar-refractivity contribution in [3.63, 3.8) is 0 Å². The molecule has 0 saturated carbocycles. The number of aromatic nitrogens is 3. The Morgan fingerprint density at radius 2 is 2.04 bits per heavy atom. The number of carbonyl (C=O) groups is 1. The summed E-state index contributed by atoms with van der Waals surface area (Å²) in [4.78, 5) is 23.5. The minimum Gasteiger partial charge on any atom is -0.493 e. The Bertz CT molecular complexity index is 1060. The second-order valence-corrected chi connectivity index (χ2v) is 6.45. The van der Waals surface area contributed by atoms with Crippen LogP contribution in [0.5, 0.6) is 17.4 Å². The summed E-state index contributed by atoms with van der Waals surface area (Å²) in [5.41, 5.74) is 2.90. The summed E-state index contributed by atoms with van der Waals surface area (Å²) in [7, 11) is 3.18. The van der Waals surface area contributed by atoms with Gasteiger partial charge in [0.2, 0.25) is 11.8 Å². The van der Waals surface area contributed by atoms with Gasteiger partial charge in [0.15, 0.2) is 17.0 Å². The van der Waals surface area contributed by atoms with E-state index in [1.54, 1.807) is 20.5 Å². The third kappa shape index (κ3) is 3.24. The number of rotatable bonds is 6. The first-order valence-corrected chi connectivity index (χ1v) is 8.79. The fourth-order valence-electron chi connectivity index (χ4n) is 3.17. The SMILES string of the molecule is C=C(Oc1nc(-c2ccc(OC)c(OC)c2)cc2[nH]cnc12)[C@H]1CNC(=O)C1. The molecule has 8 nitrogen and oxygen atoms in total. The Balaban J connectivity index is 1.71. The van der Waals surface area contributed by atoms with Crippen LogP contribution in [0.2, 0.25) is 0 Å². The smallest absolute Gasteiger partial charge is 0.247 e. The molecular formula is C20H20N4O4. The van der Waals surface area contributed by atoms with Crippen molar-refractivity contribution >= 4 is 16.9 Å². The molecular weight excluding hydrogens is 360 g/mol. The lowest BCUT2D eigenvalue weighted by Crippen LogP contribution is -2.15. The van der Waals surface area contributed by atoms with Crippen molar-refractivity contribution in [3.8, 4) is 28.6 Å². The molecule has 28 heavy (non-hydrogen) atoms. The third-order valence-corrected chi connectivity index (χ3v) is 4.71. The summed E-state index contributed by atoms with van der Waals surface area (Å²) in [6.07, 6.45) is 1.94.